The zero-order valence-corrected chi connectivity index (χ0v) is 12.0. The van der Waals surface area contributed by atoms with E-state index in [-0.39, 0.29) is 11.1 Å². The predicted molar refractivity (Wildman–Crippen MR) is 73.9 cm³/mol. The monoisotopic (exact) mass is 364 g/mol. The van der Waals surface area contributed by atoms with Crippen molar-refractivity contribution in [2.24, 2.45) is 7.05 Å². The van der Waals surface area contributed by atoms with E-state index in [0.717, 1.165) is 0 Å². The van der Waals surface area contributed by atoms with Gasteiger partial charge < -0.3 is 4.57 Å². The topological polar surface area (TPSA) is 17.8 Å². The molecule has 0 radical (unpaired) electrons. The second-order valence-corrected chi connectivity index (χ2v) is 5.12. The molecule has 0 fully saturated rings. The Morgan fingerprint density at radius 1 is 1.41 bits per heavy atom. The van der Waals surface area contributed by atoms with E-state index in [1.165, 1.54) is 19.6 Å². The first-order chi connectivity index (χ1) is 8.06. The van der Waals surface area contributed by atoms with Crippen molar-refractivity contribution >= 4 is 41.2 Å². The normalized spacial score (nSPS) is 10.4. The van der Waals surface area contributed by atoms with Gasteiger partial charge in [0, 0.05) is 28.3 Å². The molecule has 0 bridgehead atoms. The molecule has 0 aliphatic heterocycles. The molecule has 0 amide bonds. The number of rotatable bonds is 0. The third-order valence-corrected chi connectivity index (χ3v) is 3.33. The van der Waals surface area contributed by atoms with Crippen LogP contribution in [-0.2, 0) is 7.05 Å². The Morgan fingerprint density at radius 3 is 2.76 bits per heavy atom. The van der Waals surface area contributed by atoms with E-state index in [2.05, 4.69) is 16.2 Å². The van der Waals surface area contributed by atoms with Gasteiger partial charge in [0.1, 0.15) is 11.3 Å². The van der Waals surface area contributed by atoms with Gasteiger partial charge in [-0.3, -0.25) is 0 Å². The first kappa shape index (κ1) is 12.6. The minimum absolute atomic E-state index is 0.0391. The fourth-order valence-electron chi connectivity index (χ4n) is 1.58. The van der Waals surface area contributed by atoms with Crippen molar-refractivity contribution in [1.29, 1.82) is 0 Å². The lowest BCUT2D eigenvalue weighted by Gasteiger charge is -2.01. The first-order valence-corrected chi connectivity index (χ1v) is 8.01. The van der Waals surface area contributed by atoms with Gasteiger partial charge >= 0.3 is 0 Å². The number of hydrogen-bond acceptors (Lipinski definition) is 2. The van der Waals surface area contributed by atoms with Gasteiger partial charge in [0.2, 0.25) is 0 Å². The standard InChI is InChI=1S/C11H7F2IN2S/c1-6-15-8-5-7(3-4-17-14)9(12)10(13)11(8)16(6)2/h5H,1-2H3. The summed E-state index contributed by atoms with van der Waals surface area (Å²) in [5.41, 5.74) is 0.636. The zero-order chi connectivity index (χ0) is 12.6. The van der Waals surface area contributed by atoms with Crippen molar-refractivity contribution in [3.05, 3.63) is 29.1 Å². The van der Waals surface area contributed by atoms with Gasteiger partial charge in [-0.05, 0) is 27.2 Å². The molecule has 88 valence electrons. The van der Waals surface area contributed by atoms with E-state index in [9.17, 15) is 8.78 Å². The number of hydrogen-bond donors (Lipinski definition) is 0. The summed E-state index contributed by atoms with van der Waals surface area (Å²) < 4.78 is 29.1. The maximum absolute atomic E-state index is 13.8. The molecule has 0 atom stereocenters. The number of imidazole rings is 1. The second-order valence-electron chi connectivity index (χ2n) is 3.44. The molecule has 1 heterocycles. The van der Waals surface area contributed by atoms with Gasteiger partial charge in [0.05, 0.1) is 11.1 Å². The van der Waals surface area contributed by atoms with E-state index in [0.29, 0.717) is 11.3 Å². The summed E-state index contributed by atoms with van der Waals surface area (Å²) in [5, 5.41) is 2.63. The van der Waals surface area contributed by atoms with Gasteiger partial charge in [-0.25, -0.2) is 13.8 Å². The molecule has 17 heavy (non-hydrogen) atoms. The van der Waals surface area contributed by atoms with Crippen molar-refractivity contribution in [3.63, 3.8) is 0 Å². The molecule has 0 saturated heterocycles. The third kappa shape index (κ3) is 2.13. The van der Waals surface area contributed by atoms with Crippen molar-refractivity contribution < 1.29 is 8.78 Å². The van der Waals surface area contributed by atoms with Crippen LogP contribution in [0.5, 0.6) is 0 Å². The minimum Gasteiger partial charge on any atom is -0.329 e. The van der Waals surface area contributed by atoms with Crippen molar-refractivity contribution in [3.8, 4) is 11.2 Å². The molecule has 1 aromatic heterocycles. The van der Waals surface area contributed by atoms with E-state index < -0.39 is 11.6 Å². The smallest absolute Gasteiger partial charge is 0.185 e. The van der Waals surface area contributed by atoms with Crippen LogP contribution in [0.4, 0.5) is 8.78 Å². The molecule has 0 saturated carbocycles. The molecule has 0 spiro atoms. The van der Waals surface area contributed by atoms with Crippen LogP contribution in [0.25, 0.3) is 11.0 Å². The van der Waals surface area contributed by atoms with E-state index in [1.54, 1.807) is 14.0 Å². The lowest BCUT2D eigenvalue weighted by Crippen LogP contribution is -1.97. The molecule has 2 nitrogen and oxygen atoms in total. The summed E-state index contributed by atoms with van der Waals surface area (Å²) in [7, 11) is 2.87. The van der Waals surface area contributed by atoms with E-state index in [1.807, 2.05) is 21.2 Å². The van der Waals surface area contributed by atoms with Crippen LogP contribution in [0.2, 0.25) is 0 Å². The molecule has 0 aliphatic carbocycles. The predicted octanol–water partition coefficient (Wildman–Crippen LogP) is 3.55. The van der Waals surface area contributed by atoms with E-state index in [4.69, 9.17) is 0 Å². The van der Waals surface area contributed by atoms with Gasteiger partial charge in [-0.2, -0.15) is 0 Å². The molecule has 0 aliphatic rings. The largest absolute Gasteiger partial charge is 0.329 e. The number of fused-ring (bicyclic) bond motifs is 1. The SMILES string of the molecule is Cc1nc2cc(C#CSI)c(F)c(F)c2n1C. The molecular weight excluding hydrogens is 357 g/mol. The maximum Gasteiger partial charge on any atom is 0.185 e. The van der Waals surface area contributed by atoms with Crippen LogP contribution in [0.1, 0.15) is 11.4 Å². The van der Waals surface area contributed by atoms with Gasteiger partial charge in [-0.1, -0.05) is 5.92 Å². The summed E-state index contributed by atoms with van der Waals surface area (Å²) in [4.78, 5) is 4.16. The summed E-state index contributed by atoms with van der Waals surface area (Å²) in [6.45, 7) is 1.74. The minimum atomic E-state index is -0.918. The highest BCUT2D eigenvalue weighted by molar-refractivity contribution is 14.2. The molecule has 2 rings (SSSR count). The fraction of sp³-hybridized carbons (Fsp3) is 0.182. The van der Waals surface area contributed by atoms with E-state index >= 15 is 0 Å². The van der Waals surface area contributed by atoms with Crippen LogP contribution < -0.4 is 0 Å². The molecule has 0 N–H and O–H groups in total. The number of aryl methyl sites for hydroxylation is 2. The quantitative estimate of drug-likeness (QED) is 0.526. The van der Waals surface area contributed by atoms with Crippen LogP contribution in [0, 0.1) is 29.7 Å². The Balaban J connectivity index is 2.79. The highest BCUT2D eigenvalue weighted by atomic mass is 127. The van der Waals surface area contributed by atoms with Crippen LogP contribution in [0.3, 0.4) is 0 Å². The van der Waals surface area contributed by atoms with Gasteiger partial charge in [0.15, 0.2) is 11.6 Å². The summed E-state index contributed by atoms with van der Waals surface area (Å²) >= 11 is 1.97. The first-order valence-electron chi connectivity index (χ1n) is 4.66. The molecular formula is C11H7F2IN2S. The summed E-state index contributed by atoms with van der Waals surface area (Å²) in [6.07, 6.45) is 0. The average Bonchev–Trinajstić information content (AvgIpc) is 2.58. The Hall–Kier alpha value is -0.810. The Labute approximate surface area is 113 Å². The van der Waals surface area contributed by atoms with Gasteiger partial charge in [0.25, 0.3) is 0 Å². The fourth-order valence-corrected chi connectivity index (χ4v) is 2.06. The van der Waals surface area contributed by atoms with Crippen LogP contribution in [0.15, 0.2) is 6.07 Å². The third-order valence-electron chi connectivity index (χ3n) is 2.49. The van der Waals surface area contributed by atoms with Crippen molar-refractivity contribution in [2.75, 3.05) is 0 Å². The zero-order valence-electron chi connectivity index (χ0n) is 9.01. The molecule has 0 unspecified atom stereocenters. The average molecular weight is 364 g/mol. The summed E-state index contributed by atoms with van der Waals surface area (Å²) in [6, 6.07) is 1.47. The number of halogens is 3. The van der Waals surface area contributed by atoms with Crippen molar-refractivity contribution in [1.82, 2.24) is 9.55 Å². The Bertz CT molecular complexity index is 655. The Kier molecular flexibility index (Phi) is 3.58. The lowest BCUT2D eigenvalue weighted by molar-refractivity contribution is 0.511. The molecule has 1 aromatic carbocycles. The number of nitrogens with zero attached hydrogens (tertiary/aromatic N) is 2. The van der Waals surface area contributed by atoms with Crippen LogP contribution >= 0.6 is 30.1 Å². The number of aromatic nitrogens is 2. The Morgan fingerprint density at radius 2 is 2.12 bits per heavy atom. The molecule has 2 aromatic rings. The number of benzene rings is 1. The summed E-state index contributed by atoms with van der Waals surface area (Å²) in [5.74, 6) is 1.38. The van der Waals surface area contributed by atoms with Crippen molar-refractivity contribution in [2.45, 2.75) is 6.92 Å². The van der Waals surface area contributed by atoms with Crippen LogP contribution in [-0.4, -0.2) is 9.55 Å². The lowest BCUT2D eigenvalue weighted by atomic mass is 10.2. The molecule has 6 heteroatoms. The highest BCUT2D eigenvalue weighted by Gasteiger charge is 2.17. The highest BCUT2D eigenvalue weighted by Crippen LogP contribution is 2.23. The second kappa shape index (κ2) is 4.82. The van der Waals surface area contributed by atoms with Gasteiger partial charge in [-0.15, -0.1) is 0 Å². The maximum atomic E-state index is 13.8.